The first-order chi connectivity index (χ1) is 68.0. The molecule has 0 unspecified atom stereocenters. The standard InChI is InChI=1S/C130H89N3O6/c1-127(2)97-64-69-107-111(115(97)121-119(127)94-62-67-109-113(117(94)129(121,5)6)90-39-17-21-51-105(90)134-109)92-44-25-41-85(123(92)138-107)76-55-60-82(61-56-76)132(100-46-26-42-88-86-37-15-19-49-103(86)136-124(88)100)99-66-57-79(72-96(99)75-29-11-9-12-30-75)78-32-23-31-77(71-78)74-53-58-81(59-54-74)131(80-33-13-10-14-34-80)83-35-24-36-84(73-83)133(101-47-27-43-89-87-38-16-20-50-104(87)137-125(89)101)102-48-28-45-93-112-108(139-126(93)102)70-65-98-116(112)122-120(128(98,3)4)95-63-68-110-114(118(95)130(122,7)8)91-40-18-22-52-106(91)135-110/h9-73H,1-8H3. The Kier molecular flexibility index (Phi) is 16.4. The third-order valence-corrected chi connectivity index (χ3v) is 31.3. The van der Waals surface area contributed by atoms with Gasteiger partial charge in [0.15, 0.2) is 16.7 Å². The molecule has 25 aromatic rings. The third kappa shape index (κ3) is 11.1. The molecule has 0 bridgehead atoms. The minimum Gasteiger partial charge on any atom is -0.456 e. The molecule has 0 aliphatic heterocycles. The number of furan rings is 6. The van der Waals surface area contributed by atoms with Crippen LogP contribution in [-0.2, 0) is 21.7 Å². The maximum atomic E-state index is 7.50. The van der Waals surface area contributed by atoms with Gasteiger partial charge in [0.1, 0.15) is 50.2 Å². The second-order valence-corrected chi connectivity index (χ2v) is 40.3. The number of allylic oxidation sites excluding steroid dienone is 4. The summed E-state index contributed by atoms with van der Waals surface area (Å²) in [7, 11) is 0. The molecular weight excluding hydrogens is 1700 g/mol. The van der Waals surface area contributed by atoms with Gasteiger partial charge in [0.2, 0.25) is 0 Å². The Morgan fingerprint density at radius 1 is 0.180 bits per heavy atom. The fourth-order valence-electron chi connectivity index (χ4n) is 25.3. The minimum atomic E-state index is -0.394. The van der Waals surface area contributed by atoms with Crippen LogP contribution in [0.3, 0.4) is 0 Å². The molecule has 6 heterocycles. The number of fused-ring (bicyclic) bond motifs is 30. The van der Waals surface area contributed by atoms with Gasteiger partial charge in [0.05, 0.1) is 22.7 Å². The Labute approximate surface area is 801 Å². The Hall–Kier alpha value is -17.1. The van der Waals surface area contributed by atoms with Gasteiger partial charge in [0, 0.05) is 126 Å². The summed E-state index contributed by atoms with van der Waals surface area (Å²) in [5.74, 6) is 0. The van der Waals surface area contributed by atoms with Gasteiger partial charge < -0.3 is 41.2 Å². The van der Waals surface area contributed by atoms with E-state index in [-0.39, 0.29) is 16.2 Å². The van der Waals surface area contributed by atoms with Gasteiger partial charge in [-0.25, -0.2) is 0 Å². The van der Waals surface area contributed by atoms with Crippen LogP contribution in [0.1, 0.15) is 99.9 Å². The van der Waals surface area contributed by atoms with E-state index in [4.69, 9.17) is 26.5 Å². The fraction of sp³-hybridized carbons (Fsp3) is 0.0923. The lowest BCUT2D eigenvalue weighted by Gasteiger charge is -2.29. The molecule has 4 aliphatic rings. The quantitative estimate of drug-likeness (QED) is 0.112. The van der Waals surface area contributed by atoms with Crippen LogP contribution in [0.15, 0.2) is 421 Å². The van der Waals surface area contributed by atoms with Crippen molar-refractivity contribution in [1.29, 1.82) is 0 Å². The molecule has 0 radical (unpaired) electrons. The predicted octanol–water partition coefficient (Wildman–Crippen LogP) is 37.1. The molecule has 29 rings (SSSR count). The van der Waals surface area contributed by atoms with Crippen molar-refractivity contribution in [3.8, 4) is 44.5 Å². The van der Waals surface area contributed by atoms with E-state index >= 15 is 0 Å². The molecule has 0 spiro atoms. The summed E-state index contributed by atoms with van der Waals surface area (Å²) in [5.41, 5.74) is 42.0. The molecule has 0 N–H and O–H groups in total. The first-order valence-electron chi connectivity index (χ1n) is 48.2. The van der Waals surface area contributed by atoms with Crippen LogP contribution in [0.4, 0.5) is 51.2 Å². The molecule has 0 fully saturated rings. The third-order valence-electron chi connectivity index (χ3n) is 31.3. The van der Waals surface area contributed by atoms with E-state index in [9.17, 15) is 0 Å². The highest BCUT2D eigenvalue weighted by Crippen LogP contribution is 2.69. The van der Waals surface area contributed by atoms with Gasteiger partial charge in [-0.3, -0.25) is 0 Å². The van der Waals surface area contributed by atoms with Crippen molar-refractivity contribution < 1.29 is 26.5 Å². The predicted molar refractivity (Wildman–Crippen MR) is 575 cm³/mol. The van der Waals surface area contributed by atoms with Crippen LogP contribution in [-0.4, -0.2) is 0 Å². The number of hydrogen-bond donors (Lipinski definition) is 0. The zero-order valence-corrected chi connectivity index (χ0v) is 77.8. The van der Waals surface area contributed by atoms with Crippen molar-refractivity contribution in [3.05, 3.63) is 439 Å². The van der Waals surface area contributed by atoms with Crippen LogP contribution in [0.25, 0.3) is 198 Å². The van der Waals surface area contributed by atoms with Gasteiger partial charge in [0.25, 0.3) is 0 Å². The van der Waals surface area contributed by atoms with Crippen LogP contribution >= 0.6 is 0 Å². The normalized spacial score (nSPS) is 14.8. The van der Waals surface area contributed by atoms with Crippen LogP contribution in [0.5, 0.6) is 0 Å². The summed E-state index contributed by atoms with van der Waals surface area (Å²) in [6.45, 7) is 19.3. The van der Waals surface area contributed by atoms with Gasteiger partial charge in [-0.05, 0) is 240 Å². The second kappa shape index (κ2) is 28.7. The maximum absolute atomic E-state index is 7.50. The molecule has 9 heteroatoms. The lowest BCUT2D eigenvalue weighted by molar-refractivity contribution is 0.663. The summed E-state index contributed by atoms with van der Waals surface area (Å²) in [6, 6.07) is 143. The van der Waals surface area contributed by atoms with E-state index in [2.05, 4.69) is 452 Å². The van der Waals surface area contributed by atoms with Crippen LogP contribution < -0.4 is 14.7 Å². The molecule has 0 saturated heterocycles. The number of hydrogen-bond acceptors (Lipinski definition) is 9. The summed E-state index contributed by atoms with van der Waals surface area (Å²) < 4.78 is 42.0. The largest absolute Gasteiger partial charge is 0.456 e. The second-order valence-electron chi connectivity index (χ2n) is 40.3. The first-order valence-corrected chi connectivity index (χ1v) is 48.2. The fourth-order valence-corrected chi connectivity index (χ4v) is 25.3. The minimum absolute atomic E-state index is 0.279. The van der Waals surface area contributed by atoms with Gasteiger partial charge in [-0.15, -0.1) is 0 Å². The summed E-state index contributed by atoms with van der Waals surface area (Å²) in [6.07, 6.45) is 0. The van der Waals surface area contributed by atoms with E-state index in [1.807, 2.05) is 12.1 Å². The average Bonchev–Trinajstić information content (AvgIpc) is 1.50. The van der Waals surface area contributed by atoms with Crippen molar-refractivity contribution in [2.45, 2.75) is 77.0 Å². The zero-order chi connectivity index (χ0) is 92.5. The Morgan fingerprint density at radius 2 is 0.532 bits per heavy atom. The lowest BCUT2D eigenvalue weighted by Crippen LogP contribution is -2.19. The molecule has 4 aliphatic carbocycles. The van der Waals surface area contributed by atoms with Crippen LogP contribution in [0, 0.1) is 0 Å². The molecule has 9 nitrogen and oxygen atoms in total. The first kappa shape index (κ1) is 79.3. The topological polar surface area (TPSA) is 88.6 Å². The van der Waals surface area contributed by atoms with E-state index in [0.717, 1.165) is 217 Å². The molecule has 0 atom stereocenters. The summed E-state index contributed by atoms with van der Waals surface area (Å²) in [5, 5.41) is 13.3. The van der Waals surface area contributed by atoms with E-state index in [1.165, 1.54) is 77.6 Å². The SMILES string of the molecule is CC1(C)C2=C(c3c1ccc1oc4c(-c5ccc(N(c6ccc(-c7cccc(-c8ccc(N(c9ccccc9)c9cccc(N(c%10cccc%11c%10oc%10ccccc%10%11)c%10cccc%11c%10oc%10ccc%12c(c%10%11)C%10=C(c%11ccc%13oc%14ccccc%14c%13c%11C%10(C)C)C%12(C)C)c9)cc8)c7)cc6-c6ccccc6)c6cccc7c6oc6ccccc67)cc5)cccc4c31)C(C)(C)c1c2ccc2oc3ccccc3c12. The number of anilines is 9. The number of rotatable bonds is 13. The van der Waals surface area contributed by atoms with Crippen molar-refractivity contribution in [1.82, 2.24) is 0 Å². The number of benzene rings is 19. The van der Waals surface area contributed by atoms with Gasteiger partial charge >= 0.3 is 0 Å². The van der Waals surface area contributed by atoms with E-state index < -0.39 is 5.41 Å². The molecule has 660 valence electrons. The Balaban J connectivity index is 0.524. The summed E-state index contributed by atoms with van der Waals surface area (Å²) >= 11 is 0. The average molecular weight is 1790 g/mol. The molecular formula is C130H89N3O6. The Bertz CT molecular complexity index is 9720. The van der Waals surface area contributed by atoms with E-state index in [0.29, 0.717) is 0 Å². The molecule has 139 heavy (non-hydrogen) atoms. The van der Waals surface area contributed by atoms with Crippen molar-refractivity contribution in [2.75, 3.05) is 14.7 Å². The lowest BCUT2D eigenvalue weighted by atomic mass is 9.74. The smallest absolute Gasteiger partial charge is 0.159 e. The molecule has 6 aromatic heterocycles. The highest BCUT2D eigenvalue weighted by molar-refractivity contribution is 6.27. The number of nitrogens with zero attached hydrogens (tertiary/aromatic N) is 3. The van der Waals surface area contributed by atoms with Gasteiger partial charge in [-0.1, -0.05) is 310 Å². The zero-order valence-electron chi connectivity index (χ0n) is 77.8. The molecule has 0 saturated carbocycles. The highest BCUT2D eigenvalue weighted by Gasteiger charge is 2.54. The molecule has 19 aromatic carbocycles. The summed E-state index contributed by atoms with van der Waals surface area (Å²) in [4.78, 5) is 7.10. The Morgan fingerprint density at radius 3 is 1.08 bits per heavy atom. The van der Waals surface area contributed by atoms with Gasteiger partial charge in [-0.2, -0.15) is 0 Å². The van der Waals surface area contributed by atoms with Crippen molar-refractivity contribution in [2.24, 2.45) is 0 Å². The monoisotopic (exact) mass is 1790 g/mol. The van der Waals surface area contributed by atoms with Crippen molar-refractivity contribution in [3.63, 3.8) is 0 Å². The van der Waals surface area contributed by atoms with Crippen LogP contribution in [0.2, 0.25) is 0 Å². The van der Waals surface area contributed by atoms with E-state index in [1.54, 1.807) is 0 Å². The number of para-hydroxylation sites is 9. The maximum Gasteiger partial charge on any atom is 0.159 e. The highest BCUT2D eigenvalue weighted by atomic mass is 16.4. The molecule has 0 amide bonds. The van der Waals surface area contributed by atoms with Crippen molar-refractivity contribution >= 4 is 205 Å².